The van der Waals surface area contributed by atoms with Crippen LogP contribution in [0.1, 0.15) is 32.6 Å². The van der Waals surface area contributed by atoms with Gasteiger partial charge in [-0.25, -0.2) is 0 Å². The van der Waals surface area contributed by atoms with Crippen molar-refractivity contribution in [1.82, 2.24) is 5.32 Å². The molecular weight excluding hydrogens is 190 g/mol. The van der Waals surface area contributed by atoms with E-state index in [1.165, 1.54) is 25.7 Å². The van der Waals surface area contributed by atoms with Gasteiger partial charge in [-0.2, -0.15) is 0 Å². The molecule has 2 aliphatic carbocycles. The van der Waals surface area contributed by atoms with Crippen LogP contribution in [0.2, 0.25) is 0 Å². The Balaban J connectivity index is 1.56. The second-order valence-corrected chi connectivity index (χ2v) is 5.22. The van der Waals surface area contributed by atoms with Crippen LogP contribution in [0.4, 0.5) is 0 Å². The van der Waals surface area contributed by atoms with Crippen molar-refractivity contribution in [3.8, 4) is 0 Å². The third-order valence-electron chi connectivity index (χ3n) is 4.51. The minimum Gasteiger partial charge on any atom is -0.378 e. The van der Waals surface area contributed by atoms with Crippen molar-refractivity contribution in [3.05, 3.63) is 0 Å². The highest BCUT2D eigenvalue weighted by Gasteiger charge is 2.59. The van der Waals surface area contributed by atoms with Crippen LogP contribution in [-0.4, -0.2) is 38.0 Å². The van der Waals surface area contributed by atoms with Gasteiger partial charge in [-0.3, -0.25) is 0 Å². The van der Waals surface area contributed by atoms with Gasteiger partial charge in [-0.1, -0.05) is 6.42 Å². The van der Waals surface area contributed by atoms with E-state index >= 15 is 0 Å². The van der Waals surface area contributed by atoms with Gasteiger partial charge >= 0.3 is 0 Å². The maximum Gasteiger partial charge on any atom is 0.0661 e. The van der Waals surface area contributed by atoms with Crippen LogP contribution < -0.4 is 5.32 Å². The van der Waals surface area contributed by atoms with Crippen LogP contribution in [-0.2, 0) is 9.47 Å². The van der Waals surface area contributed by atoms with Gasteiger partial charge in [-0.05, 0) is 26.2 Å². The molecule has 1 aliphatic heterocycles. The lowest BCUT2D eigenvalue weighted by atomic mass is 9.51. The van der Waals surface area contributed by atoms with Crippen LogP contribution in [0.3, 0.4) is 0 Å². The Morgan fingerprint density at radius 2 is 2.20 bits per heavy atom. The zero-order valence-electron chi connectivity index (χ0n) is 9.50. The molecule has 1 N–H and O–H groups in total. The van der Waals surface area contributed by atoms with E-state index < -0.39 is 0 Å². The SMILES string of the molecule is CCOC1CC(NC2COC2)C12CCC2. The number of hydrogen-bond donors (Lipinski definition) is 1. The summed E-state index contributed by atoms with van der Waals surface area (Å²) in [6.07, 6.45) is 5.87. The Kier molecular flexibility index (Phi) is 2.49. The summed E-state index contributed by atoms with van der Waals surface area (Å²) in [5.74, 6) is 0. The van der Waals surface area contributed by atoms with E-state index in [-0.39, 0.29) is 0 Å². The Labute approximate surface area is 91.5 Å². The monoisotopic (exact) mass is 211 g/mol. The van der Waals surface area contributed by atoms with Crippen molar-refractivity contribution in [2.24, 2.45) is 5.41 Å². The largest absolute Gasteiger partial charge is 0.378 e. The third kappa shape index (κ3) is 1.44. The molecular formula is C12H21NO2. The number of ether oxygens (including phenoxy) is 2. The molecule has 0 amide bonds. The topological polar surface area (TPSA) is 30.5 Å². The highest BCUT2D eigenvalue weighted by Crippen LogP contribution is 2.57. The first-order chi connectivity index (χ1) is 7.35. The van der Waals surface area contributed by atoms with Crippen molar-refractivity contribution in [1.29, 1.82) is 0 Å². The Morgan fingerprint density at radius 1 is 1.40 bits per heavy atom. The van der Waals surface area contributed by atoms with E-state index in [1.54, 1.807) is 0 Å². The van der Waals surface area contributed by atoms with Gasteiger partial charge in [0.2, 0.25) is 0 Å². The molecule has 0 bridgehead atoms. The Bertz CT molecular complexity index is 236. The fourth-order valence-corrected chi connectivity index (χ4v) is 3.29. The van der Waals surface area contributed by atoms with E-state index in [4.69, 9.17) is 9.47 Å². The highest BCUT2D eigenvalue weighted by molar-refractivity contribution is 5.12. The fourth-order valence-electron chi connectivity index (χ4n) is 3.29. The third-order valence-corrected chi connectivity index (χ3v) is 4.51. The second-order valence-electron chi connectivity index (χ2n) is 5.22. The highest BCUT2D eigenvalue weighted by atomic mass is 16.5. The van der Waals surface area contributed by atoms with Crippen molar-refractivity contribution < 1.29 is 9.47 Å². The summed E-state index contributed by atoms with van der Waals surface area (Å²) in [6.45, 7) is 4.79. The van der Waals surface area contributed by atoms with Crippen LogP contribution in [0.25, 0.3) is 0 Å². The summed E-state index contributed by atoms with van der Waals surface area (Å²) in [5, 5.41) is 3.73. The molecule has 0 radical (unpaired) electrons. The van der Waals surface area contributed by atoms with E-state index in [0.29, 0.717) is 23.6 Å². The van der Waals surface area contributed by atoms with Crippen LogP contribution in [0, 0.1) is 5.41 Å². The molecule has 1 saturated heterocycles. The van der Waals surface area contributed by atoms with Gasteiger partial charge in [0.25, 0.3) is 0 Å². The predicted octanol–water partition coefficient (Wildman–Crippen LogP) is 1.32. The van der Waals surface area contributed by atoms with Crippen molar-refractivity contribution in [3.63, 3.8) is 0 Å². The summed E-state index contributed by atoms with van der Waals surface area (Å²) < 4.78 is 11.0. The maximum absolute atomic E-state index is 5.83. The quantitative estimate of drug-likeness (QED) is 0.761. The number of rotatable bonds is 4. The summed E-state index contributed by atoms with van der Waals surface area (Å²) in [4.78, 5) is 0. The first kappa shape index (κ1) is 10.1. The molecule has 2 saturated carbocycles. The molecule has 86 valence electrons. The molecule has 0 aromatic carbocycles. The molecule has 15 heavy (non-hydrogen) atoms. The van der Waals surface area contributed by atoms with E-state index in [9.17, 15) is 0 Å². The van der Waals surface area contributed by atoms with Gasteiger partial charge < -0.3 is 14.8 Å². The van der Waals surface area contributed by atoms with Gasteiger partial charge in [-0.15, -0.1) is 0 Å². The average Bonchev–Trinajstić information content (AvgIpc) is 2.03. The molecule has 2 atom stereocenters. The van der Waals surface area contributed by atoms with Gasteiger partial charge in [0, 0.05) is 18.1 Å². The fraction of sp³-hybridized carbons (Fsp3) is 1.00. The molecule has 2 unspecified atom stereocenters. The lowest BCUT2D eigenvalue weighted by Gasteiger charge is -2.62. The van der Waals surface area contributed by atoms with Crippen molar-refractivity contribution in [2.45, 2.75) is 50.8 Å². The summed E-state index contributed by atoms with van der Waals surface area (Å²) >= 11 is 0. The van der Waals surface area contributed by atoms with Crippen LogP contribution >= 0.6 is 0 Å². The van der Waals surface area contributed by atoms with Gasteiger partial charge in [0.05, 0.1) is 25.4 Å². The standard InChI is InChI=1S/C12H21NO2/c1-2-15-11-6-10(12(11)4-3-5-12)13-9-7-14-8-9/h9-11,13H,2-8H2,1H3. The molecule has 3 fully saturated rings. The van der Waals surface area contributed by atoms with E-state index in [2.05, 4.69) is 12.2 Å². The van der Waals surface area contributed by atoms with E-state index in [1.807, 2.05) is 0 Å². The van der Waals surface area contributed by atoms with Gasteiger partial charge in [0.15, 0.2) is 0 Å². The minimum absolute atomic E-state index is 0.506. The zero-order valence-corrected chi connectivity index (χ0v) is 9.50. The number of nitrogens with one attached hydrogen (secondary N) is 1. The normalized spacial score (nSPS) is 38.2. The van der Waals surface area contributed by atoms with Crippen LogP contribution in [0.15, 0.2) is 0 Å². The lowest BCUT2D eigenvalue weighted by Crippen LogP contribution is -2.69. The molecule has 0 aromatic rings. The summed E-state index contributed by atoms with van der Waals surface area (Å²) in [6, 6.07) is 1.33. The zero-order chi connectivity index (χ0) is 10.3. The van der Waals surface area contributed by atoms with Gasteiger partial charge in [0.1, 0.15) is 0 Å². The first-order valence-electron chi connectivity index (χ1n) is 6.30. The Hall–Kier alpha value is -0.120. The maximum atomic E-state index is 5.83. The summed E-state index contributed by atoms with van der Waals surface area (Å²) in [5.41, 5.74) is 0.506. The molecule has 1 spiro atoms. The number of hydrogen-bond acceptors (Lipinski definition) is 3. The van der Waals surface area contributed by atoms with Crippen molar-refractivity contribution in [2.75, 3.05) is 19.8 Å². The first-order valence-corrected chi connectivity index (χ1v) is 6.30. The van der Waals surface area contributed by atoms with E-state index in [0.717, 1.165) is 19.8 Å². The van der Waals surface area contributed by atoms with Crippen LogP contribution in [0.5, 0.6) is 0 Å². The smallest absolute Gasteiger partial charge is 0.0661 e. The summed E-state index contributed by atoms with van der Waals surface area (Å²) in [7, 11) is 0. The average molecular weight is 211 g/mol. The molecule has 1 heterocycles. The molecule has 3 heteroatoms. The minimum atomic E-state index is 0.506. The molecule has 3 aliphatic rings. The van der Waals surface area contributed by atoms with Crippen molar-refractivity contribution >= 4 is 0 Å². The Morgan fingerprint density at radius 3 is 2.67 bits per heavy atom. The molecule has 0 aromatic heterocycles. The lowest BCUT2D eigenvalue weighted by molar-refractivity contribution is -0.181. The molecule has 3 nitrogen and oxygen atoms in total. The second kappa shape index (κ2) is 3.72. The molecule has 3 rings (SSSR count). The predicted molar refractivity (Wildman–Crippen MR) is 57.8 cm³/mol.